The van der Waals surface area contributed by atoms with E-state index in [1.807, 2.05) is 0 Å². The van der Waals surface area contributed by atoms with Crippen molar-refractivity contribution in [3.8, 4) is 0 Å². The van der Waals surface area contributed by atoms with Crippen LogP contribution in [0.5, 0.6) is 0 Å². The molecule has 0 bridgehead atoms. The quantitative estimate of drug-likeness (QED) is 0.763. The van der Waals surface area contributed by atoms with Gasteiger partial charge in [0.15, 0.2) is 0 Å². The lowest BCUT2D eigenvalue weighted by atomic mass is 10.1. The lowest BCUT2D eigenvalue weighted by Crippen LogP contribution is -2.13. The maximum Gasteiger partial charge on any atom is 0.303 e. The number of aryl methyl sites for hydroxylation is 2. The van der Waals surface area contributed by atoms with Crippen LogP contribution in [0.25, 0.3) is 0 Å². The third-order valence-corrected chi connectivity index (χ3v) is 2.64. The summed E-state index contributed by atoms with van der Waals surface area (Å²) in [6.07, 6.45) is 0.547. The summed E-state index contributed by atoms with van der Waals surface area (Å²) < 4.78 is 0. The Kier molecular flexibility index (Phi) is 4.09. The first kappa shape index (κ1) is 13.7. The Morgan fingerprint density at radius 1 is 1.30 bits per heavy atom. The number of carbonyl (C=O) groups is 2. The summed E-state index contributed by atoms with van der Waals surface area (Å²) >= 11 is 0. The summed E-state index contributed by atoms with van der Waals surface area (Å²) in [4.78, 5) is 26.2. The Balaban J connectivity index is 1.96. The molecule has 0 saturated heterocycles. The van der Waals surface area contributed by atoms with E-state index in [0.29, 0.717) is 17.9 Å². The topological polar surface area (TPSA) is 108 Å². The molecule has 1 aromatic carbocycles. The first-order valence-corrected chi connectivity index (χ1v) is 6.05. The number of carbonyl (C=O) groups excluding carboxylic acids is 1. The smallest absolute Gasteiger partial charge is 0.303 e. The summed E-state index contributed by atoms with van der Waals surface area (Å²) in [6.45, 7) is 1.71. The highest BCUT2D eigenvalue weighted by Gasteiger charge is 2.11. The van der Waals surface area contributed by atoms with Gasteiger partial charge in [-0.3, -0.25) is 14.7 Å². The highest BCUT2D eigenvalue weighted by molar-refractivity contribution is 6.01. The molecule has 104 valence electrons. The van der Waals surface area contributed by atoms with Crippen molar-refractivity contribution in [2.75, 3.05) is 5.32 Å². The van der Waals surface area contributed by atoms with Crippen LogP contribution in [-0.4, -0.2) is 32.2 Å². The van der Waals surface area contributed by atoms with Gasteiger partial charge in [-0.05, 0) is 31.0 Å². The molecule has 0 aliphatic heterocycles. The average molecular weight is 274 g/mol. The number of hydrogen-bond acceptors (Lipinski definition) is 4. The van der Waals surface area contributed by atoms with E-state index in [1.165, 1.54) is 0 Å². The Hall–Kier alpha value is -2.70. The minimum absolute atomic E-state index is 0.0810. The highest BCUT2D eigenvalue weighted by Crippen LogP contribution is 2.12. The van der Waals surface area contributed by atoms with Crippen LogP contribution in [0.1, 0.15) is 28.4 Å². The summed E-state index contributed by atoms with van der Waals surface area (Å²) in [5.74, 6) is -0.577. The van der Waals surface area contributed by atoms with Crippen molar-refractivity contribution in [3.63, 3.8) is 0 Å². The van der Waals surface area contributed by atoms with Gasteiger partial charge in [0.25, 0.3) is 5.91 Å². The zero-order chi connectivity index (χ0) is 14.5. The minimum Gasteiger partial charge on any atom is -0.481 e. The van der Waals surface area contributed by atoms with Gasteiger partial charge in [0.05, 0.1) is 0 Å². The normalized spacial score (nSPS) is 10.2. The summed E-state index contributed by atoms with van der Waals surface area (Å²) in [7, 11) is 0. The summed E-state index contributed by atoms with van der Waals surface area (Å²) in [5, 5.41) is 17.6. The Morgan fingerprint density at radius 2 is 2.00 bits per heavy atom. The third-order valence-electron chi connectivity index (χ3n) is 2.64. The monoisotopic (exact) mass is 274 g/mol. The van der Waals surface area contributed by atoms with Gasteiger partial charge in [0.2, 0.25) is 5.82 Å². The number of nitrogens with zero attached hydrogens (tertiary/aromatic N) is 2. The SMILES string of the molecule is Cc1nc(C(=O)Nc2ccc(CCC(=O)O)cc2)n[nH]1. The average Bonchev–Trinajstić information content (AvgIpc) is 2.85. The second kappa shape index (κ2) is 5.96. The number of amides is 1. The minimum atomic E-state index is -0.831. The number of aromatic nitrogens is 3. The molecule has 0 fully saturated rings. The molecule has 0 unspecified atom stereocenters. The van der Waals surface area contributed by atoms with Crippen LogP contribution in [0.15, 0.2) is 24.3 Å². The van der Waals surface area contributed by atoms with Gasteiger partial charge in [-0.25, -0.2) is 4.98 Å². The molecule has 3 N–H and O–H groups in total. The fourth-order valence-corrected chi connectivity index (χ4v) is 1.64. The number of benzene rings is 1. The van der Waals surface area contributed by atoms with E-state index < -0.39 is 11.9 Å². The second-order valence-electron chi connectivity index (χ2n) is 4.29. The number of aromatic amines is 1. The number of carboxylic acid groups (broad SMARTS) is 1. The number of nitrogens with one attached hydrogen (secondary N) is 2. The fourth-order valence-electron chi connectivity index (χ4n) is 1.64. The predicted octanol–water partition coefficient (Wildman–Crippen LogP) is 1.38. The molecule has 1 heterocycles. The molecule has 0 spiro atoms. The van der Waals surface area contributed by atoms with E-state index in [0.717, 1.165) is 5.56 Å². The molecule has 0 aliphatic carbocycles. The highest BCUT2D eigenvalue weighted by atomic mass is 16.4. The van der Waals surface area contributed by atoms with Crippen molar-refractivity contribution < 1.29 is 14.7 Å². The molecule has 1 aromatic heterocycles. The zero-order valence-electron chi connectivity index (χ0n) is 10.9. The molecule has 0 aliphatic rings. The van der Waals surface area contributed by atoms with Gasteiger partial charge in [0, 0.05) is 12.1 Å². The first-order chi connectivity index (χ1) is 9.54. The Labute approximate surface area is 115 Å². The number of carboxylic acids is 1. The molecule has 2 aromatic rings. The number of hydrogen-bond donors (Lipinski definition) is 3. The van der Waals surface area contributed by atoms with Gasteiger partial charge in [-0.15, -0.1) is 5.10 Å². The second-order valence-corrected chi connectivity index (χ2v) is 4.29. The van der Waals surface area contributed by atoms with Crippen LogP contribution in [0.4, 0.5) is 5.69 Å². The standard InChI is InChI=1S/C13H14N4O3/c1-8-14-12(17-16-8)13(20)15-10-5-2-9(3-6-10)4-7-11(18)19/h2-3,5-6H,4,7H2,1H3,(H,15,20)(H,18,19)(H,14,16,17). The molecule has 1 amide bonds. The fraction of sp³-hybridized carbons (Fsp3) is 0.231. The molecule has 20 heavy (non-hydrogen) atoms. The maximum absolute atomic E-state index is 11.8. The van der Waals surface area contributed by atoms with Crippen molar-refractivity contribution in [1.29, 1.82) is 0 Å². The molecule has 0 radical (unpaired) electrons. The van der Waals surface area contributed by atoms with E-state index >= 15 is 0 Å². The van der Waals surface area contributed by atoms with E-state index in [-0.39, 0.29) is 12.2 Å². The van der Waals surface area contributed by atoms with Gasteiger partial charge in [-0.2, -0.15) is 0 Å². The molecule has 2 rings (SSSR count). The first-order valence-electron chi connectivity index (χ1n) is 6.05. The van der Waals surface area contributed by atoms with Crippen LogP contribution in [0.3, 0.4) is 0 Å². The number of anilines is 1. The van der Waals surface area contributed by atoms with Crippen LogP contribution in [0.2, 0.25) is 0 Å². The Bertz CT molecular complexity index is 619. The number of rotatable bonds is 5. The van der Waals surface area contributed by atoms with E-state index in [2.05, 4.69) is 20.5 Å². The van der Waals surface area contributed by atoms with Gasteiger partial charge in [-0.1, -0.05) is 12.1 Å². The number of H-pyrrole nitrogens is 1. The largest absolute Gasteiger partial charge is 0.481 e. The molecule has 7 heteroatoms. The molecular weight excluding hydrogens is 260 g/mol. The van der Waals surface area contributed by atoms with Crippen LogP contribution >= 0.6 is 0 Å². The van der Waals surface area contributed by atoms with Crippen molar-refractivity contribution in [1.82, 2.24) is 15.2 Å². The lowest BCUT2D eigenvalue weighted by Gasteiger charge is -2.04. The molecular formula is C13H14N4O3. The van der Waals surface area contributed by atoms with Crippen molar-refractivity contribution in [2.24, 2.45) is 0 Å². The van der Waals surface area contributed by atoms with Crippen molar-refractivity contribution in [3.05, 3.63) is 41.5 Å². The maximum atomic E-state index is 11.8. The van der Waals surface area contributed by atoms with Crippen molar-refractivity contribution >= 4 is 17.6 Å². The van der Waals surface area contributed by atoms with Crippen LogP contribution in [0, 0.1) is 6.92 Å². The third kappa shape index (κ3) is 3.64. The molecule has 0 atom stereocenters. The Morgan fingerprint density at radius 3 is 2.55 bits per heavy atom. The van der Waals surface area contributed by atoms with E-state index in [1.54, 1.807) is 31.2 Å². The number of aliphatic carboxylic acids is 1. The van der Waals surface area contributed by atoms with Gasteiger partial charge in [0.1, 0.15) is 5.82 Å². The lowest BCUT2D eigenvalue weighted by molar-refractivity contribution is -0.136. The molecule has 7 nitrogen and oxygen atoms in total. The van der Waals surface area contributed by atoms with Gasteiger partial charge >= 0.3 is 5.97 Å². The van der Waals surface area contributed by atoms with Gasteiger partial charge < -0.3 is 10.4 Å². The summed E-state index contributed by atoms with van der Waals surface area (Å²) in [5.41, 5.74) is 1.51. The van der Waals surface area contributed by atoms with E-state index in [4.69, 9.17) is 5.11 Å². The van der Waals surface area contributed by atoms with Crippen LogP contribution in [-0.2, 0) is 11.2 Å². The van der Waals surface area contributed by atoms with E-state index in [9.17, 15) is 9.59 Å². The zero-order valence-corrected chi connectivity index (χ0v) is 10.9. The molecule has 0 saturated carbocycles. The summed E-state index contributed by atoms with van der Waals surface area (Å²) in [6, 6.07) is 6.99. The van der Waals surface area contributed by atoms with Crippen LogP contribution < -0.4 is 5.32 Å². The predicted molar refractivity (Wildman–Crippen MR) is 71.5 cm³/mol. The van der Waals surface area contributed by atoms with Crippen molar-refractivity contribution in [2.45, 2.75) is 19.8 Å².